The van der Waals surface area contributed by atoms with Gasteiger partial charge in [-0.1, -0.05) is 55.6 Å². The van der Waals surface area contributed by atoms with Crippen molar-refractivity contribution in [3.8, 4) is 0 Å². The highest BCUT2D eigenvalue weighted by molar-refractivity contribution is 9.12. The maximum atomic E-state index is 5.82. The van der Waals surface area contributed by atoms with E-state index in [1.165, 1.54) is 5.56 Å². The summed E-state index contributed by atoms with van der Waals surface area (Å²) >= 11 is 12.8. The lowest BCUT2D eigenvalue weighted by Gasteiger charge is -2.09. The van der Waals surface area contributed by atoms with Crippen LogP contribution in [0.3, 0.4) is 0 Å². The Morgan fingerprint density at radius 2 is 1.86 bits per heavy atom. The highest BCUT2D eigenvalue weighted by Gasteiger charge is 2.32. The number of hydrogen-bond acceptors (Lipinski definition) is 1. The molecule has 1 saturated heterocycles. The first-order chi connectivity index (χ1) is 6.66. The summed E-state index contributed by atoms with van der Waals surface area (Å²) < 4.78 is 5.73. The zero-order valence-electron chi connectivity index (χ0n) is 7.29. The molecule has 1 aromatic carbocycles. The molecule has 3 atom stereocenters. The van der Waals surface area contributed by atoms with Crippen LogP contribution in [0.2, 0.25) is 5.02 Å². The molecule has 0 bridgehead atoms. The number of rotatable bonds is 1. The Morgan fingerprint density at radius 1 is 1.21 bits per heavy atom. The summed E-state index contributed by atoms with van der Waals surface area (Å²) in [5.41, 5.74) is 1.18. The van der Waals surface area contributed by atoms with Gasteiger partial charge in [0.25, 0.3) is 0 Å². The molecule has 0 spiro atoms. The number of alkyl halides is 2. The second-order valence-electron chi connectivity index (χ2n) is 3.28. The van der Waals surface area contributed by atoms with Crippen molar-refractivity contribution in [2.75, 3.05) is 0 Å². The van der Waals surface area contributed by atoms with E-state index in [2.05, 4.69) is 31.9 Å². The SMILES string of the molecule is Clc1ccc([C@H]2C[C@@H](Br)[C@H](Br)O2)cc1. The van der Waals surface area contributed by atoms with Crippen LogP contribution in [0.5, 0.6) is 0 Å². The number of ether oxygens (including phenoxy) is 1. The molecule has 0 unspecified atom stereocenters. The zero-order valence-corrected chi connectivity index (χ0v) is 11.2. The van der Waals surface area contributed by atoms with Crippen molar-refractivity contribution >= 4 is 43.5 Å². The van der Waals surface area contributed by atoms with Crippen LogP contribution >= 0.6 is 43.5 Å². The Morgan fingerprint density at radius 3 is 2.36 bits per heavy atom. The third kappa shape index (κ3) is 2.32. The molecular weight excluding hydrogens is 331 g/mol. The maximum absolute atomic E-state index is 5.82. The predicted molar refractivity (Wildman–Crippen MR) is 65.3 cm³/mol. The normalized spacial score (nSPS) is 32.1. The smallest absolute Gasteiger partial charge is 0.125 e. The van der Waals surface area contributed by atoms with E-state index in [1.807, 2.05) is 24.3 Å². The van der Waals surface area contributed by atoms with Crippen LogP contribution in [-0.2, 0) is 4.74 Å². The first-order valence-electron chi connectivity index (χ1n) is 4.36. The summed E-state index contributed by atoms with van der Waals surface area (Å²) in [7, 11) is 0. The van der Waals surface area contributed by atoms with Gasteiger partial charge in [-0.2, -0.15) is 0 Å². The van der Waals surface area contributed by atoms with Gasteiger partial charge in [-0.3, -0.25) is 0 Å². The van der Waals surface area contributed by atoms with Gasteiger partial charge in [-0.25, -0.2) is 0 Å². The highest BCUT2D eigenvalue weighted by Crippen LogP contribution is 2.39. The van der Waals surface area contributed by atoms with Crippen molar-refractivity contribution in [2.24, 2.45) is 0 Å². The molecule has 1 aliphatic heterocycles. The van der Waals surface area contributed by atoms with E-state index in [-0.39, 0.29) is 11.1 Å². The van der Waals surface area contributed by atoms with Crippen molar-refractivity contribution < 1.29 is 4.74 Å². The molecule has 1 fully saturated rings. The van der Waals surface area contributed by atoms with Gasteiger partial charge in [0.2, 0.25) is 0 Å². The first kappa shape index (κ1) is 10.9. The average molecular weight is 340 g/mol. The lowest BCUT2D eigenvalue weighted by Crippen LogP contribution is -2.04. The first-order valence-corrected chi connectivity index (χ1v) is 6.57. The van der Waals surface area contributed by atoms with Crippen LogP contribution in [0, 0.1) is 0 Å². The Balaban J connectivity index is 2.13. The van der Waals surface area contributed by atoms with Gasteiger partial charge < -0.3 is 4.74 Å². The molecule has 2 rings (SSSR count). The lowest BCUT2D eigenvalue weighted by molar-refractivity contribution is 0.0970. The predicted octanol–water partition coefficient (Wildman–Crippen LogP) is 4.29. The van der Waals surface area contributed by atoms with Gasteiger partial charge in [0.15, 0.2) is 0 Å². The summed E-state index contributed by atoms with van der Waals surface area (Å²) in [5.74, 6) is 0. The summed E-state index contributed by atoms with van der Waals surface area (Å²) in [6.07, 6.45) is 1.15. The minimum atomic E-state index is 0.100. The third-order valence-electron chi connectivity index (χ3n) is 2.26. The van der Waals surface area contributed by atoms with Crippen LogP contribution < -0.4 is 0 Å². The van der Waals surface area contributed by atoms with Gasteiger partial charge >= 0.3 is 0 Å². The van der Waals surface area contributed by atoms with Crippen LogP contribution in [-0.4, -0.2) is 9.84 Å². The topological polar surface area (TPSA) is 9.23 Å². The van der Waals surface area contributed by atoms with Crippen LogP contribution in [0.4, 0.5) is 0 Å². The summed E-state index contributed by atoms with van der Waals surface area (Å²) in [5, 5.41) is 0.862. The van der Waals surface area contributed by atoms with Crippen LogP contribution in [0.1, 0.15) is 18.1 Å². The molecule has 4 heteroatoms. The summed E-state index contributed by atoms with van der Waals surface area (Å²) in [6, 6.07) is 7.81. The fourth-order valence-corrected chi connectivity index (χ4v) is 2.57. The number of hydrogen-bond donors (Lipinski definition) is 0. The lowest BCUT2D eigenvalue weighted by atomic mass is 10.1. The Bertz CT molecular complexity index is 304. The molecule has 0 aliphatic carbocycles. The van der Waals surface area contributed by atoms with Crippen molar-refractivity contribution in [2.45, 2.75) is 22.4 Å². The van der Waals surface area contributed by atoms with Crippen LogP contribution in [0.25, 0.3) is 0 Å². The molecule has 0 amide bonds. The molecular formula is C10H9Br2ClO. The molecule has 0 radical (unpaired) electrons. The van der Waals surface area contributed by atoms with Crippen molar-refractivity contribution in [3.05, 3.63) is 34.9 Å². The standard InChI is InChI=1S/C10H9Br2ClO/c11-8-5-9(14-10(8)12)6-1-3-7(13)4-2-6/h1-4,8-10H,5H2/t8-,9-,10-/m1/s1. The third-order valence-corrected chi connectivity index (χ3v) is 4.93. The van der Waals surface area contributed by atoms with Crippen molar-refractivity contribution in [1.82, 2.24) is 0 Å². The van der Waals surface area contributed by atoms with Gasteiger partial charge in [0.1, 0.15) is 5.01 Å². The molecule has 1 heterocycles. The molecule has 76 valence electrons. The van der Waals surface area contributed by atoms with E-state index in [4.69, 9.17) is 16.3 Å². The number of benzene rings is 1. The molecule has 0 N–H and O–H groups in total. The van der Waals surface area contributed by atoms with Gasteiger partial charge in [0, 0.05) is 5.02 Å². The van der Waals surface area contributed by atoms with Crippen molar-refractivity contribution in [1.29, 1.82) is 0 Å². The van der Waals surface area contributed by atoms with Crippen LogP contribution in [0.15, 0.2) is 24.3 Å². The summed E-state index contributed by atoms with van der Waals surface area (Å²) in [4.78, 5) is 0.378. The van der Waals surface area contributed by atoms with E-state index in [0.717, 1.165) is 11.4 Å². The maximum Gasteiger partial charge on any atom is 0.125 e. The minimum absolute atomic E-state index is 0.100. The molecule has 0 aromatic heterocycles. The molecule has 14 heavy (non-hydrogen) atoms. The molecule has 1 nitrogen and oxygen atoms in total. The Labute approximate surface area is 105 Å². The molecule has 0 saturated carbocycles. The monoisotopic (exact) mass is 338 g/mol. The van der Waals surface area contributed by atoms with E-state index < -0.39 is 0 Å². The van der Waals surface area contributed by atoms with E-state index in [1.54, 1.807) is 0 Å². The van der Waals surface area contributed by atoms with Gasteiger partial charge in [0.05, 0.1) is 10.9 Å². The van der Waals surface area contributed by atoms with E-state index >= 15 is 0 Å². The average Bonchev–Trinajstić information content (AvgIpc) is 2.48. The Kier molecular flexibility index (Phi) is 3.53. The fraction of sp³-hybridized carbons (Fsp3) is 0.400. The van der Waals surface area contributed by atoms with E-state index in [0.29, 0.717) is 4.83 Å². The second-order valence-corrected chi connectivity index (χ2v) is 5.79. The fourth-order valence-electron chi connectivity index (χ4n) is 1.50. The van der Waals surface area contributed by atoms with Gasteiger partial charge in [-0.05, 0) is 24.1 Å². The number of halogens is 3. The second kappa shape index (κ2) is 4.52. The molecule has 1 aliphatic rings. The minimum Gasteiger partial charge on any atom is -0.358 e. The van der Waals surface area contributed by atoms with E-state index in [9.17, 15) is 0 Å². The van der Waals surface area contributed by atoms with Gasteiger partial charge in [-0.15, -0.1) is 0 Å². The zero-order chi connectivity index (χ0) is 10.1. The quantitative estimate of drug-likeness (QED) is 0.693. The largest absolute Gasteiger partial charge is 0.358 e. The highest BCUT2D eigenvalue weighted by atomic mass is 79.9. The molecule has 1 aromatic rings. The van der Waals surface area contributed by atoms with Crippen molar-refractivity contribution in [3.63, 3.8) is 0 Å². The Hall–Kier alpha value is 0.430. The summed E-state index contributed by atoms with van der Waals surface area (Å²) in [6.45, 7) is 0.